The van der Waals surface area contributed by atoms with E-state index in [0.29, 0.717) is 0 Å². The topological polar surface area (TPSA) is 48.9 Å². The molecule has 0 saturated carbocycles. The van der Waals surface area contributed by atoms with Gasteiger partial charge in [0.15, 0.2) is 0 Å². The van der Waals surface area contributed by atoms with Crippen LogP contribution in [-0.2, 0) is 19.4 Å². The zero-order chi connectivity index (χ0) is 20.1. The first-order valence-electron chi connectivity index (χ1n) is 9.74. The highest BCUT2D eigenvalue weighted by Crippen LogP contribution is 2.28. The molecule has 29 heavy (non-hydrogen) atoms. The van der Waals surface area contributed by atoms with Crippen LogP contribution in [-0.4, -0.2) is 15.1 Å². The van der Waals surface area contributed by atoms with Crippen molar-refractivity contribution in [2.45, 2.75) is 25.4 Å². The van der Waals surface area contributed by atoms with Crippen molar-refractivity contribution in [1.29, 1.82) is 0 Å². The number of hydrogen-bond acceptors (Lipinski definition) is 2. The van der Waals surface area contributed by atoms with Gasteiger partial charge in [-0.2, -0.15) is 0 Å². The molecule has 0 aliphatic carbocycles. The average molecular weight is 386 g/mol. The largest absolute Gasteiger partial charge is 0.392 e. The second-order valence-electron chi connectivity index (χ2n) is 7.27. The van der Waals surface area contributed by atoms with Crippen LogP contribution in [0.3, 0.4) is 0 Å². The van der Waals surface area contributed by atoms with Crippen LogP contribution in [0.5, 0.6) is 0 Å². The van der Waals surface area contributed by atoms with Crippen molar-refractivity contribution in [3.05, 3.63) is 113 Å². The predicted octanol–water partition coefficient (Wildman–Crippen LogP) is 5.28. The molecule has 1 atom stereocenters. The highest BCUT2D eigenvalue weighted by Gasteiger charge is 2.15. The summed E-state index contributed by atoms with van der Waals surface area (Å²) in [5, 5.41) is 9.29. The molecule has 3 nitrogen and oxygen atoms in total. The minimum atomic E-state index is -0.218. The number of aliphatic hydroxyl groups excluding tert-OH is 1. The predicted molar refractivity (Wildman–Crippen MR) is 113 cm³/mol. The Kier molecular flexibility index (Phi) is 5.82. The lowest BCUT2D eigenvalue weighted by atomic mass is 9.86. The van der Waals surface area contributed by atoms with Gasteiger partial charge in [-0.1, -0.05) is 54.6 Å². The maximum absolute atomic E-state index is 13.3. The zero-order valence-corrected chi connectivity index (χ0v) is 16.1. The van der Waals surface area contributed by atoms with Gasteiger partial charge in [0.2, 0.25) is 0 Å². The number of halogens is 1. The molecule has 1 aromatic heterocycles. The summed E-state index contributed by atoms with van der Waals surface area (Å²) in [6, 6.07) is 23.2. The fourth-order valence-corrected chi connectivity index (χ4v) is 3.64. The molecule has 4 rings (SSSR count). The van der Waals surface area contributed by atoms with Crippen LogP contribution in [0, 0.1) is 5.82 Å². The van der Waals surface area contributed by atoms with E-state index >= 15 is 0 Å². The first-order valence-corrected chi connectivity index (χ1v) is 9.74. The summed E-state index contributed by atoms with van der Waals surface area (Å²) in [7, 11) is 0. The molecular weight excluding hydrogens is 363 g/mol. The lowest BCUT2D eigenvalue weighted by molar-refractivity contribution is 0.282. The SMILES string of the molecule is OCc1ccc(CC(Cc2ccc(F)cc2)c2cccc(-c3ncc[nH]3)c2)cc1. The van der Waals surface area contributed by atoms with E-state index in [1.165, 1.54) is 23.3 Å². The number of aromatic amines is 1. The number of benzene rings is 3. The number of aliphatic hydroxyl groups is 1. The van der Waals surface area contributed by atoms with Crippen molar-refractivity contribution in [3.63, 3.8) is 0 Å². The lowest BCUT2D eigenvalue weighted by Crippen LogP contribution is -2.07. The second kappa shape index (κ2) is 8.84. The summed E-state index contributed by atoms with van der Waals surface area (Å²) >= 11 is 0. The van der Waals surface area contributed by atoms with Crippen molar-refractivity contribution >= 4 is 0 Å². The van der Waals surface area contributed by atoms with Gasteiger partial charge in [-0.3, -0.25) is 0 Å². The summed E-state index contributed by atoms with van der Waals surface area (Å²) < 4.78 is 13.3. The van der Waals surface area contributed by atoms with E-state index in [9.17, 15) is 9.50 Å². The molecule has 0 aliphatic rings. The molecule has 1 unspecified atom stereocenters. The molecule has 1 heterocycles. The van der Waals surface area contributed by atoms with E-state index in [4.69, 9.17) is 0 Å². The van der Waals surface area contributed by atoms with Gasteiger partial charge in [0.25, 0.3) is 0 Å². The molecule has 0 radical (unpaired) electrons. The number of hydrogen-bond donors (Lipinski definition) is 2. The van der Waals surface area contributed by atoms with E-state index in [1.807, 2.05) is 36.5 Å². The number of imidazole rings is 1. The van der Waals surface area contributed by atoms with Crippen molar-refractivity contribution in [2.24, 2.45) is 0 Å². The van der Waals surface area contributed by atoms with Crippen LogP contribution in [0.2, 0.25) is 0 Å². The van der Waals surface area contributed by atoms with Gasteiger partial charge in [0, 0.05) is 18.0 Å². The summed E-state index contributed by atoms with van der Waals surface area (Å²) in [6.45, 7) is 0.0461. The highest BCUT2D eigenvalue weighted by molar-refractivity contribution is 5.56. The normalized spacial score (nSPS) is 12.1. The summed E-state index contributed by atoms with van der Waals surface area (Å²) in [5.41, 5.74) is 5.48. The first kappa shape index (κ1) is 19.1. The van der Waals surface area contributed by atoms with E-state index in [0.717, 1.165) is 35.4 Å². The molecule has 0 spiro atoms. The fraction of sp³-hybridized carbons (Fsp3) is 0.160. The quantitative estimate of drug-likeness (QED) is 0.454. The standard InChI is InChI=1S/C25H23FN2O/c26-24-10-8-19(9-11-24)15-23(14-18-4-6-20(17-29)7-5-18)21-2-1-3-22(16-21)25-27-12-13-28-25/h1-13,16,23,29H,14-15,17H2,(H,27,28). The van der Waals surface area contributed by atoms with Crippen molar-refractivity contribution in [3.8, 4) is 11.4 Å². The van der Waals surface area contributed by atoms with Gasteiger partial charge in [-0.05, 0) is 59.2 Å². The van der Waals surface area contributed by atoms with E-state index in [1.54, 1.807) is 6.20 Å². The Morgan fingerprint density at radius 2 is 1.52 bits per heavy atom. The number of nitrogens with zero attached hydrogens (tertiary/aromatic N) is 1. The van der Waals surface area contributed by atoms with Gasteiger partial charge in [0.05, 0.1) is 6.61 Å². The van der Waals surface area contributed by atoms with Crippen LogP contribution in [0.15, 0.2) is 85.2 Å². The van der Waals surface area contributed by atoms with Gasteiger partial charge in [-0.25, -0.2) is 9.37 Å². The average Bonchev–Trinajstić information content (AvgIpc) is 3.30. The summed E-state index contributed by atoms with van der Waals surface area (Å²) in [6.07, 6.45) is 5.23. The van der Waals surface area contributed by atoms with Crippen molar-refractivity contribution < 1.29 is 9.50 Å². The maximum atomic E-state index is 13.3. The van der Waals surface area contributed by atoms with Gasteiger partial charge >= 0.3 is 0 Å². The lowest BCUT2D eigenvalue weighted by Gasteiger charge is -2.19. The molecule has 4 aromatic rings. The molecule has 3 aromatic carbocycles. The Bertz CT molecular complexity index is 1040. The first-order chi connectivity index (χ1) is 14.2. The molecule has 0 aliphatic heterocycles. The molecule has 146 valence electrons. The third-order valence-electron chi connectivity index (χ3n) is 5.21. The zero-order valence-electron chi connectivity index (χ0n) is 16.1. The van der Waals surface area contributed by atoms with E-state index in [-0.39, 0.29) is 18.3 Å². The Morgan fingerprint density at radius 1 is 0.862 bits per heavy atom. The van der Waals surface area contributed by atoms with Gasteiger partial charge < -0.3 is 10.1 Å². The van der Waals surface area contributed by atoms with Crippen LogP contribution < -0.4 is 0 Å². The second-order valence-corrected chi connectivity index (χ2v) is 7.27. The fourth-order valence-electron chi connectivity index (χ4n) is 3.64. The van der Waals surface area contributed by atoms with Gasteiger partial charge in [0.1, 0.15) is 11.6 Å². The number of rotatable bonds is 7. The Balaban J connectivity index is 1.65. The van der Waals surface area contributed by atoms with E-state index < -0.39 is 0 Å². The van der Waals surface area contributed by atoms with Crippen molar-refractivity contribution in [2.75, 3.05) is 0 Å². The minimum Gasteiger partial charge on any atom is -0.392 e. The number of nitrogens with one attached hydrogen (secondary N) is 1. The molecule has 4 heteroatoms. The number of H-pyrrole nitrogens is 1. The monoisotopic (exact) mass is 386 g/mol. The van der Waals surface area contributed by atoms with Crippen molar-refractivity contribution in [1.82, 2.24) is 9.97 Å². The molecule has 0 fully saturated rings. The molecular formula is C25H23FN2O. The third-order valence-corrected chi connectivity index (χ3v) is 5.21. The number of aromatic nitrogens is 2. The minimum absolute atomic E-state index is 0.0461. The molecule has 0 amide bonds. The Morgan fingerprint density at radius 3 is 2.14 bits per heavy atom. The molecule has 2 N–H and O–H groups in total. The molecule has 0 saturated heterocycles. The van der Waals surface area contributed by atoms with Crippen LogP contribution in [0.4, 0.5) is 4.39 Å². The summed E-state index contributed by atoms with van der Waals surface area (Å²) in [5.74, 6) is 0.861. The van der Waals surface area contributed by atoms with Crippen LogP contribution in [0.25, 0.3) is 11.4 Å². The van der Waals surface area contributed by atoms with E-state index in [2.05, 4.69) is 40.3 Å². The molecule has 0 bridgehead atoms. The van der Waals surface area contributed by atoms with Crippen LogP contribution >= 0.6 is 0 Å². The highest BCUT2D eigenvalue weighted by atomic mass is 19.1. The Labute approximate surface area is 169 Å². The smallest absolute Gasteiger partial charge is 0.137 e. The third kappa shape index (κ3) is 4.79. The maximum Gasteiger partial charge on any atom is 0.137 e. The Hall–Kier alpha value is -3.24. The summed E-state index contributed by atoms with van der Waals surface area (Å²) in [4.78, 5) is 7.52. The van der Waals surface area contributed by atoms with Crippen LogP contribution in [0.1, 0.15) is 28.2 Å². The van der Waals surface area contributed by atoms with Gasteiger partial charge in [-0.15, -0.1) is 0 Å².